The molecule has 2 aromatic heterocycles. The minimum Gasteiger partial charge on any atom is -0.383 e. The third kappa shape index (κ3) is 3.12. The molecule has 9 heteroatoms. The molecule has 0 aliphatic heterocycles. The molecule has 0 aliphatic carbocycles. The van der Waals surface area contributed by atoms with Crippen molar-refractivity contribution >= 4 is 11.5 Å². The van der Waals surface area contributed by atoms with Crippen molar-refractivity contribution in [1.29, 1.82) is 0 Å². The van der Waals surface area contributed by atoms with Gasteiger partial charge in [-0.15, -0.1) is 0 Å². The van der Waals surface area contributed by atoms with Crippen molar-refractivity contribution in [2.45, 2.75) is 33.4 Å². The molecule has 0 aromatic carbocycles. The number of anilines is 2. The number of nitrogens with one attached hydrogen (secondary N) is 3. The second-order valence-electron chi connectivity index (χ2n) is 5.26. The largest absolute Gasteiger partial charge is 0.383 e. The van der Waals surface area contributed by atoms with Crippen molar-refractivity contribution in [3.8, 4) is 0 Å². The highest BCUT2D eigenvalue weighted by molar-refractivity contribution is 5.61. The van der Waals surface area contributed by atoms with Gasteiger partial charge in [0.2, 0.25) is 0 Å². The first-order valence-corrected chi connectivity index (χ1v) is 6.64. The third-order valence-electron chi connectivity index (χ3n) is 2.99. The molecule has 114 valence electrons. The van der Waals surface area contributed by atoms with Crippen LogP contribution >= 0.6 is 0 Å². The monoisotopic (exact) mass is 293 g/mol. The number of H-pyrrole nitrogens is 2. The summed E-state index contributed by atoms with van der Waals surface area (Å²) >= 11 is 0. The Morgan fingerprint density at radius 3 is 2.67 bits per heavy atom. The Hall–Kier alpha value is -2.58. The zero-order valence-corrected chi connectivity index (χ0v) is 12.2. The van der Waals surface area contributed by atoms with Crippen LogP contribution in [0.3, 0.4) is 0 Å². The molecule has 0 spiro atoms. The number of rotatable bonds is 5. The van der Waals surface area contributed by atoms with Gasteiger partial charge in [-0.2, -0.15) is 5.10 Å². The molecule has 0 saturated carbocycles. The van der Waals surface area contributed by atoms with E-state index in [0.717, 1.165) is 0 Å². The van der Waals surface area contributed by atoms with Crippen molar-refractivity contribution in [3.05, 3.63) is 33.0 Å². The van der Waals surface area contributed by atoms with E-state index in [-0.39, 0.29) is 23.5 Å². The van der Waals surface area contributed by atoms with E-state index in [4.69, 9.17) is 5.73 Å². The van der Waals surface area contributed by atoms with Crippen LogP contribution < -0.4 is 22.3 Å². The molecule has 2 aromatic rings. The van der Waals surface area contributed by atoms with Gasteiger partial charge in [-0.25, -0.2) is 9.78 Å². The summed E-state index contributed by atoms with van der Waals surface area (Å²) in [5.41, 5.74) is 5.06. The van der Waals surface area contributed by atoms with E-state index in [1.165, 1.54) is 10.9 Å². The van der Waals surface area contributed by atoms with Crippen LogP contribution in [0.1, 0.15) is 32.6 Å². The van der Waals surface area contributed by atoms with Crippen molar-refractivity contribution in [2.75, 3.05) is 11.1 Å². The molecule has 0 amide bonds. The zero-order chi connectivity index (χ0) is 15.6. The molecule has 2 rings (SSSR count). The Kier molecular flexibility index (Phi) is 4.10. The van der Waals surface area contributed by atoms with E-state index in [9.17, 15) is 9.59 Å². The van der Waals surface area contributed by atoms with Crippen LogP contribution in [0.15, 0.2) is 15.9 Å². The van der Waals surface area contributed by atoms with Crippen molar-refractivity contribution in [1.82, 2.24) is 24.7 Å². The van der Waals surface area contributed by atoms with Crippen LogP contribution in [0.25, 0.3) is 0 Å². The van der Waals surface area contributed by atoms with Crippen LogP contribution in [-0.2, 0) is 6.54 Å². The molecule has 0 bridgehead atoms. The lowest BCUT2D eigenvalue weighted by Crippen LogP contribution is -2.35. The Labute approximate surface area is 120 Å². The SMILES string of the molecule is CC(C)Cn1c(N)c(NC(C)c2ncn[nH]2)c(=O)[nH]c1=O. The van der Waals surface area contributed by atoms with Gasteiger partial charge in [0, 0.05) is 6.54 Å². The van der Waals surface area contributed by atoms with Crippen LogP contribution in [0.4, 0.5) is 11.5 Å². The lowest BCUT2D eigenvalue weighted by atomic mass is 10.2. The Morgan fingerprint density at radius 2 is 2.10 bits per heavy atom. The number of aromatic amines is 2. The van der Waals surface area contributed by atoms with Gasteiger partial charge in [-0.05, 0) is 12.8 Å². The highest BCUT2D eigenvalue weighted by Gasteiger charge is 2.16. The van der Waals surface area contributed by atoms with Crippen LogP contribution in [0, 0.1) is 5.92 Å². The minimum atomic E-state index is -0.552. The minimum absolute atomic E-state index is 0.115. The van der Waals surface area contributed by atoms with Crippen molar-refractivity contribution in [2.24, 2.45) is 5.92 Å². The maximum atomic E-state index is 11.9. The van der Waals surface area contributed by atoms with E-state index in [1.807, 2.05) is 13.8 Å². The number of hydrogen-bond acceptors (Lipinski definition) is 6. The highest BCUT2D eigenvalue weighted by Crippen LogP contribution is 2.17. The number of hydrogen-bond donors (Lipinski definition) is 4. The van der Waals surface area contributed by atoms with Gasteiger partial charge >= 0.3 is 5.69 Å². The molecule has 0 saturated heterocycles. The van der Waals surface area contributed by atoms with E-state index in [0.29, 0.717) is 12.4 Å². The van der Waals surface area contributed by atoms with Gasteiger partial charge in [-0.3, -0.25) is 19.4 Å². The fourth-order valence-electron chi connectivity index (χ4n) is 1.98. The van der Waals surface area contributed by atoms with Gasteiger partial charge in [0.1, 0.15) is 23.7 Å². The molecular weight excluding hydrogens is 274 g/mol. The van der Waals surface area contributed by atoms with Crippen LogP contribution in [0.5, 0.6) is 0 Å². The molecule has 5 N–H and O–H groups in total. The highest BCUT2D eigenvalue weighted by atomic mass is 16.2. The average molecular weight is 293 g/mol. The molecule has 2 heterocycles. The maximum Gasteiger partial charge on any atom is 0.330 e. The van der Waals surface area contributed by atoms with Gasteiger partial charge in [0.15, 0.2) is 0 Å². The standard InChI is InChI=1S/C12H19N7O2/c1-6(2)4-19-9(13)8(11(20)17-12(19)21)16-7(3)10-14-5-15-18-10/h5-7,16H,4,13H2,1-3H3,(H,14,15,18)(H,17,20,21). The number of aromatic nitrogens is 5. The lowest BCUT2D eigenvalue weighted by molar-refractivity contribution is 0.508. The van der Waals surface area contributed by atoms with E-state index >= 15 is 0 Å². The third-order valence-corrected chi connectivity index (χ3v) is 2.99. The molecular formula is C12H19N7O2. The first-order valence-electron chi connectivity index (χ1n) is 6.64. The lowest BCUT2D eigenvalue weighted by Gasteiger charge is -2.17. The Morgan fingerprint density at radius 1 is 1.38 bits per heavy atom. The topological polar surface area (TPSA) is 134 Å². The summed E-state index contributed by atoms with van der Waals surface area (Å²) in [6.07, 6.45) is 1.38. The molecule has 0 aliphatic rings. The maximum absolute atomic E-state index is 11.9. The van der Waals surface area contributed by atoms with Crippen LogP contribution in [0.2, 0.25) is 0 Å². The number of nitrogens with two attached hydrogens (primary N) is 1. The molecule has 1 atom stereocenters. The predicted octanol–water partition coefficient (Wildman–Crippen LogP) is 0.0660. The summed E-state index contributed by atoms with van der Waals surface area (Å²) in [5.74, 6) is 0.898. The molecule has 0 fully saturated rings. The second kappa shape index (κ2) is 5.81. The van der Waals surface area contributed by atoms with Gasteiger partial charge in [0.25, 0.3) is 5.56 Å². The average Bonchev–Trinajstić information content (AvgIpc) is 2.93. The fourth-order valence-corrected chi connectivity index (χ4v) is 1.98. The smallest absolute Gasteiger partial charge is 0.330 e. The fraction of sp³-hybridized carbons (Fsp3) is 0.500. The van der Waals surface area contributed by atoms with Gasteiger partial charge in [0.05, 0.1) is 6.04 Å². The van der Waals surface area contributed by atoms with Gasteiger partial charge < -0.3 is 11.1 Å². The van der Waals surface area contributed by atoms with Crippen molar-refractivity contribution in [3.63, 3.8) is 0 Å². The summed E-state index contributed by atoms with van der Waals surface area (Å²) in [6, 6.07) is -0.305. The quantitative estimate of drug-likeness (QED) is 0.616. The second-order valence-corrected chi connectivity index (χ2v) is 5.26. The Balaban J connectivity index is 2.39. The normalized spacial score (nSPS) is 12.6. The van der Waals surface area contributed by atoms with Gasteiger partial charge in [-0.1, -0.05) is 13.8 Å². The summed E-state index contributed by atoms with van der Waals surface area (Å²) < 4.78 is 1.35. The summed E-state index contributed by atoms with van der Waals surface area (Å²) in [6.45, 7) is 6.15. The van der Waals surface area contributed by atoms with E-state index < -0.39 is 11.2 Å². The first-order chi connectivity index (χ1) is 9.90. The zero-order valence-electron chi connectivity index (χ0n) is 12.2. The first kappa shape index (κ1) is 14.8. The number of nitrogen functional groups attached to an aromatic ring is 1. The van der Waals surface area contributed by atoms with Crippen LogP contribution in [-0.4, -0.2) is 24.7 Å². The number of nitrogens with zero attached hydrogens (tertiary/aromatic N) is 3. The molecule has 9 nitrogen and oxygen atoms in total. The van der Waals surface area contributed by atoms with E-state index in [2.05, 4.69) is 25.5 Å². The van der Waals surface area contributed by atoms with E-state index in [1.54, 1.807) is 6.92 Å². The van der Waals surface area contributed by atoms with Crippen molar-refractivity contribution < 1.29 is 0 Å². The summed E-state index contributed by atoms with van der Waals surface area (Å²) in [7, 11) is 0. The Bertz CT molecular complexity index is 714. The molecule has 21 heavy (non-hydrogen) atoms. The summed E-state index contributed by atoms with van der Waals surface area (Å²) in [5, 5.41) is 9.42. The molecule has 0 radical (unpaired) electrons. The predicted molar refractivity (Wildman–Crippen MR) is 79.0 cm³/mol. The summed E-state index contributed by atoms with van der Waals surface area (Å²) in [4.78, 5) is 30.1. The molecule has 1 unspecified atom stereocenters.